The summed E-state index contributed by atoms with van der Waals surface area (Å²) >= 11 is 5.17. The lowest BCUT2D eigenvalue weighted by atomic mass is 9.95. The third kappa shape index (κ3) is 5.44. The number of fused-ring (bicyclic) bond motifs is 1. The number of ether oxygens (including phenoxy) is 3. The number of benzene rings is 2. The molecule has 2 heterocycles. The maximum atomic E-state index is 13.2. The number of anilines is 1. The van der Waals surface area contributed by atoms with Crippen LogP contribution in [0.1, 0.15) is 31.0 Å². The van der Waals surface area contributed by atoms with Gasteiger partial charge in [-0.3, -0.25) is 0 Å². The predicted molar refractivity (Wildman–Crippen MR) is 144 cm³/mol. The first-order chi connectivity index (χ1) is 17.5. The van der Waals surface area contributed by atoms with Gasteiger partial charge in [0.15, 0.2) is 11.5 Å². The molecule has 1 N–H and O–H groups in total. The van der Waals surface area contributed by atoms with Crippen molar-refractivity contribution in [3.8, 4) is 11.5 Å². The van der Waals surface area contributed by atoms with Crippen LogP contribution in [0.15, 0.2) is 76.0 Å². The van der Waals surface area contributed by atoms with Crippen molar-refractivity contribution in [1.82, 2.24) is 14.8 Å². The summed E-state index contributed by atoms with van der Waals surface area (Å²) in [6, 6.07) is 13.1. The van der Waals surface area contributed by atoms with Crippen LogP contribution in [-0.2, 0) is 16.1 Å². The molecule has 0 fully saturated rings. The lowest BCUT2D eigenvalue weighted by Crippen LogP contribution is -2.29. The SMILES string of the molecule is C=CCOC(=O)C1=C(C)Nc2nc(SCC)nn2C1c1cc(Br)c(OCc2ccccc2)c(OC)c1. The molecular weight excluding hydrogens is 544 g/mol. The van der Waals surface area contributed by atoms with Crippen LogP contribution in [0.3, 0.4) is 0 Å². The number of thioether (sulfide) groups is 1. The fourth-order valence-corrected chi connectivity index (χ4v) is 5.00. The Morgan fingerprint density at radius 2 is 2.08 bits per heavy atom. The maximum absolute atomic E-state index is 13.2. The summed E-state index contributed by atoms with van der Waals surface area (Å²) in [5.74, 6) is 2.00. The molecule has 188 valence electrons. The van der Waals surface area contributed by atoms with Gasteiger partial charge in [0.05, 0.1) is 17.2 Å². The standard InChI is InChI=1S/C26H27BrN4O4S/c1-5-12-34-24(32)21-16(3)28-25-29-26(36-6-2)30-31(25)22(21)18-13-19(27)23(20(14-18)33-4)35-15-17-10-8-7-9-11-17/h5,7-11,13-14,22H,1,6,12,15H2,2-4H3,(H,28,29,30). The van der Waals surface area contributed by atoms with E-state index in [0.29, 0.717) is 45.0 Å². The van der Waals surface area contributed by atoms with Crippen LogP contribution in [0.2, 0.25) is 0 Å². The molecule has 3 aromatic rings. The van der Waals surface area contributed by atoms with Gasteiger partial charge in [0.25, 0.3) is 0 Å². The number of allylic oxidation sites excluding steroid dienone is 1. The second-order valence-corrected chi connectivity index (χ2v) is 9.94. The minimum atomic E-state index is -0.592. The number of hydrogen-bond donors (Lipinski definition) is 1. The minimum absolute atomic E-state index is 0.1000. The minimum Gasteiger partial charge on any atom is -0.493 e. The highest BCUT2D eigenvalue weighted by atomic mass is 79.9. The van der Waals surface area contributed by atoms with Crippen molar-refractivity contribution in [1.29, 1.82) is 0 Å². The number of nitrogens with zero attached hydrogens (tertiary/aromatic N) is 3. The van der Waals surface area contributed by atoms with Crippen molar-refractivity contribution >= 4 is 39.6 Å². The Hall–Kier alpha value is -3.24. The first kappa shape index (κ1) is 25.8. The van der Waals surface area contributed by atoms with E-state index >= 15 is 0 Å². The summed E-state index contributed by atoms with van der Waals surface area (Å²) in [6.45, 7) is 7.98. The van der Waals surface area contributed by atoms with Gasteiger partial charge in [-0.15, -0.1) is 5.10 Å². The van der Waals surface area contributed by atoms with E-state index in [1.54, 1.807) is 11.8 Å². The van der Waals surface area contributed by atoms with E-state index in [1.165, 1.54) is 17.8 Å². The number of rotatable bonds is 10. The monoisotopic (exact) mass is 570 g/mol. The van der Waals surface area contributed by atoms with Gasteiger partial charge in [0.2, 0.25) is 11.1 Å². The average molecular weight is 571 g/mol. The zero-order chi connectivity index (χ0) is 25.7. The zero-order valence-electron chi connectivity index (χ0n) is 20.3. The van der Waals surface area contributed by atoms with Gasteiger partial charge in [0.1, 0.15) is 19.3 Å². The van der Waals surface area contributed by atoms with Gasteiger partial charge >= 0.3 is 5.97 Å². The third-order valence-electron chi connectivity index (χ3n) is 5.45. The molecule has 1 atom stereocenters. The number of methoxy groups -OCH3 is 1. The van der Waals surface area contributed by atoms with E-state index in [0.717, 1.165) is 16.9 Å². The quantitative estimate of drug-likeness (QED) is 0.187. The summed E-state index contributed by atoms with van der Waals surface area (Å²) in [6.07, 6.45) is 1.54. The molecule has 4 rings (SSSR count). The van der Waals surface area contributed by atoms with Crippen molar-refractivity contribution in [2.75, 3.05) is 24.8 Å². The molecule has 1 aliphatic rings. The smallest absolute Gasteiger partial charge is 0.338 e. The molecule has 0 saturated carbocycles. The van der Waals surface area contributed by atoms with Crippen molar-refractivity contribution in [3.05, 3.63) is 82.0 Å². The van der Waals surface area contributed by atoms with Crippen LogP contribution in [0.5, 0.6) is 11.5 Å². The number of carbonyl (C=O) groups excluding carboxylic acids is 1. The van der Waals surface area contributed by atoms with E-state index in [-0.39, 0.29) is 6.61 Å². The number of hydrogen-bond acceptors (Lipinski definition) is 8. The van der Waals surface area contributed by atoms with Crippen LogP contribution in [0, 0.1) is 0 Å². The normalized spacial score (nSPS) is 14.6. The van der Waals surface area contributed by atoms with E-state index in [4.69, 9.17) is 14.2 Å². The van der Waals surface area contributed by atoms with E-state index < -0.39 is 12.0 Å². The molecule has 0 aliphatic carbocycles. The topological polar surface area (TPSA) is 87.5 Å². The highest BCUT2D eigenvalue weighted by Gasteiger charge is 2.36. The first-order valence-electron chi connectivity index (χ1n) is 11.4. The Morgan fingerprint density at radius 3 is 2.78 bits per heavy atom. The molecule has 0 radical (unpaired) electrons. The number of halogens is 1. The zero-order valence-corrected chi connectivity index (χ0v) is 22.7. The second kappa shape index (κ2) is 11.7. The van der Waals surface area contributed by atoms with Crippen molar-refractivity contribution in [2.45, 2.75) is 31.7 Å². The van der Waals surface area contributed by atoms with Gasteiger partial charge in [0, 0.05) is 5.70 Å². The van der Waals surface area contributed by atoms with Gasteiger partial charge in [-0.1, -0.05) is 61.7 Å². The predicted octanol–water partition coefficient (Wildman–Crippen LogP) is 5.76. The van der Waals surface area contributed by atoms with Gasteiger partial charge in [-0.05, 0) is 51.9 Å². The first-order valence-corrected chi connectivity index (χ1v) is 13.1. The van der Waals surface area contributed by atoms with Crippen LogP contribution in [0.4, 0.5) is 5.95 Å². The fraction of sp³-hybridized carbons (Fsp3) is 0.269. The molecule has 36 heavy (non-hydrogen) atoms. The Bertz CT molecular complexity index is 1290. The average Bonchev–Trinajstić information content (AvgIpc) is 3.27. The fourth-order valence-electron chi connectivity index (χ4n) is 3.87. The third-order valence-corrected chi connectivity index (χ3v) is 6.76. The van der Waals surface area contributed by atoms with Crippen LogP contribution >= 0.6 is 27.7 Å². The van der Waals surface area contributed by atoms with Gasteiger partial charge < -0.3 is 19.5 Å². The summed E-state index contributed by atoms with van der Waals surface area (Å²) in [5.41, 5.74) is 2.86. The summed E-state index contributed by atoms with van der Waals surface area (Å²) < 4.78 is 19.6. The highest BCUT2D eigenvalue weighted by molar-refractivity contribution is 9.10. The highest BCUT2D eigenvalue weighted by Crippen LogP contribution is 2.43. The molecule has 2 aromatic carbocycles. The van der Waals surface area contributed by atoms with Gasteiger partial charge in [-0.2, -0.15) is 4.98 Å². The van der Waals surface area contributed by atoms with Crippen LogP contribution in [-0.4, -0.2) is 40.2 Å². The second-order valence-electron chi connectivity index (χ2n) is 7.86. The number of carbonyl (C=O) groups is 1. The van der Waals surface area contributed by atoms with Crippen LogP contribution < -0.4 is 14.8 Å². The number of nitrogens with one attached hydrogen (secondary N) is 1. The largest absolute Gasteiger partial charge is 0.493 e. The molecular formula is C26H27BrN4O4S. The molecule has 10 heteroatoms. The van der Waals surface area contributed by atoms with Gasteiger partial charge in [-0.25, -0.2) is 9.48 Å². The molecule has 0 saturated heterocycles. The summed E-state index contributed by atoms with van der Waals surface area (Å²) in [5, 5.41) is 8.50. The molecule has 0 bridgehead atoms. The van der Waals surface area contributed by atoms with Crippen molar-refractivity contribution < 1.29 is 19.0 Å². The van der Waals surface area contributed by atoms with E-state index in [2.05, 4.69) is 37.9 Å². The maximum Gasteiger partial charge on any atom is 0.338 e. The molecule has 0 amide bonds. The molecule has 8 nitrogen and oxygen atoms in total. The molecule has 1 aromatic heterocycles. The van der Waals surface area contributed by atoms with E-state index in [1.807, 2.05) is 56.3 Å². The summed E-state index contributed by atoms with van der Waals surface area (Å²) in [4.78, 5) is 17.8. The van der Waals surface area contributed by atoms with Crippen LogP contribution in [0.25, 0.3) is 0 Å². The number of esters is 1. The molecule has 0 spiro atoms. The Balaban J connectivity index is 1.77. The lowest BCUT2D eigenvalue weighted by Gasteiger charge is -2.28. The van der Waals surface area contributed by atoms with Crippen molar-refractivity contribution in [2.24, 2.45) is 0 Å². The van der Waals surface area contributed by atoms with E-state index in [9.17, 15) is 4.79 Å². The number of aromatic nitrogens is 3. The Morgan fingerprint density at radius 1 is 1.31 bits per heavy atom. The lowest BCUT2D eigenvalue weighted by molar-refractivity contribution is -0.138. The summed E-state index contributed by atoms with van der Waals surface area (Å²) in [7, 11) is 1.58. The Labute approximate surface area is 222 Å². The molecule has 1 unspecified atom stereocenters. The van der Waals surface area contributed by atoms with Crippen molar-refractivity contribution in [3.63, 3.8) is 0 Å². The molecule has 1 aliphatic heterocycles. The Kier molecular flexibility index (Phi) is 8.37.